The molecular weight excluding hydrogens is 448 g/mol. The molecular formula is C23H28N2O7S. The van der Waals surface area contributed by atoms with Gasteiger partial charge in [-0.15, -0.1) is 0 Å². The van der Waals surface area contributed by atoms with E-state index in [1.807, 2.05) is 0 Å². The van der Waals surface area contributed by atoms with Crippen molar-refractivity contribution < 1.29 is 32.2 Å². The number of nitrogens with zero attached hydrogens (tertiary/aromatic N) is 1. The Bertz CT molecular complexity index is 1100. The summed E-state index contributed by atoms with van der Waals surface area (Å²) in [6.45, 7) is 2.82. The van der Waals surface area contributed by atoms with Crippen molar-refractivity contribution in [3.63, 3.8) is 0 Å². The van der Waals surface area contributed by atoms with Gasteiger partial charge >= 0.3 is 5.97 Å². The van der Waals surface area contributed by atoms with Gasteiger partial charge in [0.15, 0.2) is 6.61 Å². The number of methoxy groups -OCH3 is 1. The molecule has 3 rings (SSSR count). The summed E-state index contributed by atoms with van der Waals surface area (Å²) < 4.78 is 43.1. The highest BCUT2D eigenvalue weighted by Gasteiger charge is 2.27. The van der Waals surface area contributed by atoms with E-state index in [1.165, 1.54) is 29.6 Å². The van der Waals surface area contributed by atoms with Gasteiger partial charge in [-0.2, -0.15) is 4.31 Å². The van der Waals surface area contributed by atoms with Gasteiger partial charge in [-0.25, -0.2) is 13.2 Å². The Labute approximate surface area is 193 Å². The minimum absolute atomic E-state index is 0.0957. The zero-order chi connectivity index (χ0) is 23.8. The Balaban J connectivity index is 1.83. The van der Waals surface area contributed by atoms with Gasteiger partial charge in [0.05, 0.1) is 24.3 Å². The van der Waals surface area contributed by atoms with E-state index < -0.39 is 21.9 Å². The molecule has 0 saturated carbocycles. The van der Waals surface area contributed by atoms with E-state index >= 15 is 0 Å². The van der Waals surface area contributed by atoms with E-state index in [2.05, 4.69) is 10.1 Å². The Morgan fingerprint density at radius 2 is 1.79 bits per heavy atom. The number of carbonyl (C=O) groups is 2. The lowest BCUT2D eigenvalue weighted by atomic mass is 10.2. The maximum atomic E-state index is 13.1. The predicted octanol–water partition coefficient (Wildman–Crippen LogP) is 3.06. The average molecular weight is 477 g/mol. The fourth-order valence-electron chi connectivity index (χ4n) is 3.43. The SMILES string of the molecule is CCOc1ccc(S(=O)(=O)N2CCCCC2)cc1NC(=O)c1cccc(OCC(=O)OC)c1. The number of nitrogens with one attached hydrogen (secondary N) is 1. The molecule has 178 valence electrons. The zero-order valence-corrected chi connectivity index (χ0v) is 19.5. The molecule has 1 aliphatic heterocycles. The van der Waals surface area contributed by atoms with E-state index in [1.54, 1.807) is 31.2 Å². The lowest BCUT2D eigenvalue weighted by Crippen LogP contribution is -2.35. The molecule has 0 unspecified atom stereocenters. The number of amides is 1. The van der Waals surface area contributed by atoms with Crippen LogP contribution < -0.4 is 14.8 Å². The van der Waals surface area contributed by atoms with Gasteiger partial charge in [-0.1, -0.05) is 12.5 Å². The molecule has 1 aliphatic rings. The molecule has 0 aliphatic carbocycles. The number of esters is 1. The average Bonchev–Trinajstić information content (AvgIpc) is 2.84. The van der Waals surface area contributed by atoms with Crippen LogP contribution in [0.2, 0.25) is 0 Å². The van der Waals surface area contributed by atoms with Gasteiger partial charge in [0.2, 0.25) is 10.0 Å². The summed E-state index contributed by atoms with van der Waals surface area (Å²) >= 11 is 0. The topological polar surface area (TPSA) is 111 Å². The first-order valence-electron chi connectivity index (χ1n) is 10.7. The maximum Gasteiger partial charge on any atom is 0.343 e. The number of rotatable bonds is 9. The number of hydrogen-bond donors (Lipinski definition) is 1. The third kappa shape index (κ3) is 6.23. The molecule has 1 fully saturated rings. The van der Waals surface area contributed by atoms with Crippen LogP contribution in [0.15, 0.2) is 47.4 Å². The summed E-state index contributed by atoms with van der Waals surface area (Å²) in [4.78, 5) is 24.3. The van der Waals surface area contributed by atoms with Crippen LogP contribution in [0.3, 0.4) is 0 Å². The fourth-order valence-corrected chi connectivity index (χ4v) is 4.97. The quantitative estimate of drug-likeness (QED) is 0.554. The molecule has 1 heterocycles. The lowest BCUT2D eigenvalue weighted by Gasteiger charge is -2.26. The first kappa shape index (κ1) is 24.5. The van der Waals surface area contributed by atoms with Gasteiger partial charge in [0.1, 0.15) is 11.5 Å². The number of sulfonamides is 1. The third-order valence-electron chi connectivity index (χ3n) is 5.13. The molecule has 0 atom stereocenters. The molecule has 0 spiro atoms. The van der Waals surface area contributed by atoms with Gasteiger partial charge in [0.25, 0.3) is 5.91 Å². The summed E-state index contributed by atoms with van der Waals surface area (Å²) in [7, 11) is -2.42. The number of ether oxygens (including phenoxy) is 3. The summed E-state index contributed by atoms with van der Waals surface area (Å²) in [6, 6.07) is 10.7. The van der Waals surface area contributed by atoms with Crippen LogP contribution >= 0.6 is 0 Å². The Morgan fingerprint density at radius 1 is 1.03 bits per heavy atom. The summed E-state index contributed by atoms with van der Waals surface area (Å²) in [5, 5.41) is 2.74. The van der Waals surface area contributed by atoms with Crippen molar-refractivity contribution in [1.82, 2.24) is 4.31 Å². The highest BCUT2D eigenvalue weighted by molar-refractivity contribution is 7.89. The Kier molecular flexibility index (Phi) is 8.29. The van der Waals surface area contributed by atoms with Crippen LogP contribution in [0.1, 0.15) is 36.5 Å². The smallest absolute Gasteiger partial charge is 0.343 e. The Morgan fingerprint density at radius 3 is 2.48 bits per heavy atom. The van der Waals surface area contributed by atoms with E-state index in [9.17, 15) is 18.0 Å². The van der Waals surface area contributed by atoms with Gasteiger partial charge < -0.3 is 19.5 Å². The van der Waals surface area contributed by atoms with E-state index in [-0.39, 0.29) is 22.8 Å². The van der Waals surface area contributed by atoms with Crippen molar-refractivity contribution in [2.45, 2.75) is 31.1 Å². The molecule has 0 bridgehead atoms. The standard InChI is InChI=1S/C23H28N2O7S/c1-3-31-21-11-10-19(33(28,29)25-12-5-4-6-13-25)15-20(21)24-23(27)17-8-7-9-18(14-17)32-16-22(26)30-2/h7-11,14-15H,3-6,12-13,16H2,1-2H3,(H,24,27). The molecule has 0 aromatic heterocycles. The van der Waals surface area contributed by atoms with Crippen LogP contribution in [0, 0.1) is 0 Å². The van der Waals surface area contributed by atoms with Crippen LogP contribution in [0.25, 0.3) is 0 Å². The van der Waals surface area contributed by atoms with Gasteiger partial charge in [-0.3, -0.25) is 4.79 Å². The monoisotopic (exact) mass is 476 g/mol. The van der Waals surface area contributed by atoms with Crippen molar-refractivity contribution in [2.75, 3.05) is 38.7 Å². The second-order valence-electron chi connectivity index (χ2n) is 7.40. The van der Waals surface area contributed by atoms with E-state index in [0.29, 0.717) is 31.2 Å². The largest absolute Gasteiger partial charge is 0.492 e. The lowest BCUT2D eigenvalue weighted by molar-refractivity contribution is -0.142. The first-order valence-corrected chi connectivity index (χ1v) is 12.2. The minimum atomic E-state index is -3.68. The maximum absolute atomic E-state index is 13.1. The van der Waals surface area contributed by atoms with Crippen molar-refractivity contribution in [3.05, 3.63) is 48.0 Å². The summed E-state index contributed by atoms with van der Waals surface area (Å²) in [5.41, 5.74) is 0.518. The molecule has 2 aromatic rings. The number of hydrogen-bond acceptors (Lipinski definition) is 7. The summed E-state index contributed by atoms with van der Waals surface area (Å²) in [6.07, 6.45) is 2.67. The van der Waals surface area contributed by atoms with Gasteiger partial charge in [-0.05, 0) is 56.2 Å². The van der Waals surface area contributed by atoms with Crippen LogP contribution in [0.5, 0.6) is 11.5 Å². The van der Waals surface area contributed by atoms with Gasteiger partial charge in [0, 0.05) is 18.7 Å². The number of piperidine rings is 1. The second kappa shape index (κ2) is 11.2. The second-order valence-corrected chi connectivity index (χ2v) is 9.34. The van der Waals surface area contributed by atoms with Crippen molar-refractivity contribution >= 4 is 27.6 Å². The minimum Gasteiger partial charge on any atom is -0.492 e. The zero-order valence-electron chi connectivity index (χ0n) is 18.7. The number of anilines is 1. The fraction of sp³-hybridized carbons (Fsp3) is 0.391. The normalized spacial score (nSPS) is 14.4. The third-order valence-corrected chi connectivity index (χ3v) is 7.03. The van der Waals surface area contributed by atoms with Crippen LogP contribution in [-0.2, 0) is 19.6 Å². The Hall–Kier alpha value is -3.11. The molecule has 9 nitrogen and oxygen atoms in total. The molecule has 1 N–H and O–H groups in total. The number of carbonyl (C=O) groups excluding carboxylic acids is 2. The predicted molar refractivity (Wildman–Crippen MR) is 122 cm³/mol. The van der Waals surface area contributed by atoms with Crippen molar-refractivity contribution in [3.8, 4) is 11.5 Å². The molecule has 2 aromatic carbocycles. The van der Waals surface area contributed by atoms with Crippen molar-refractivity contribution in [1.29, 1.82) is 0 Å². The van der Waals surface area contributed by atoms with Crippen LogP contribution in [-0.4, -0.2) is 58.0 Å². The first-order chi connectivity index (χ1) is 15.8. The van der Waals surface area contributed by atoms with Crippen molar-refractivity contribution in [2.24, 2.45) is 0 Å². The summed E-state index contributed by atoms with van der Waals surface area (Å²) in [5.74, 6) is -0.342. The molecule has 1 amide bonds. The molecule has 10 heteroatoms. The number of benzene rings is 2. The highest BCUT2D eigenvalue weighted by Crippen LogP contribution is 2.31. The molecule has 33 heavy (non-hydrogen) atoms. The van der Waals surface area contributed by atoms with Crippen LogP contribution in [0.4, 0.5) is 5.69 Å². The molecule has 1 saturated heterocycles. The van der Waals surface area contributed by atoms with E-state index in [0.717, 1.165) is 19.3 Å². The van der Waals surface area contributed by atoms with E-state index in [4.69, 9.17) is 9.47 Å². The molecule has 0 radical (unpaired) electrons. The highest BCUT2D eigenvalue weighted by atomic mass is 32.2.